The monoisotopic (exact) mass is 484 g/mol. The van der Waals surface area contributed by atoms with Gasteiger partial charge in [-0.05, 0) is 54.6 Å². The standard InChI is InChI=1S/C22H17ClN4O5S/c23-16-4-6-17(7-5-16)25-33(31,32)20-3-1-2-18(13-20)24-22(28)14-26-11-10-15-12-19(27(29)30)8-9-21(15)26/h1-13,25H,14H2,(H,24,28). The van der Waals surface area contributed by atoms with Crippen molar-refractivity contribution in [3.63, 3.8) is 0 Å². The Morgan fingerprint density at radius 2 is 1.76 bits per heavy atom. The van der Waals surface area contributed by atoms with Gasteiger partial charge in [-0.15, -0.1) is 0 Å². The van der Waals surface area contributed by atoms with Crippen LogP contribution >= 0.6 is 11.6 Å². The summed E-state index contributed by atoms with van der Waals surface area (Å²) in [5, 5.41) is 14.7. The zero-order chi connectivity index (χ0) is 23.6. The molecule has 0 fully saturated rings. The van der Waals surface area contributed by atoms with E-state index in [9.17, 15) is 23.3 Å². The third kappa shape index (κ3) is 5.13. The van der Waals surface area contributed by atoms with Crippen molar-refractivity contribution in [3.8, 4) is 0 Å². The van der Waals surface area contributed by atoms with Crippen molar-refractivity contribution in [2.45, 2.75) is 11.4 Å². The number of benzene rings is 3. The molecule has 0 bridgehead atoms. The van der Waals surface area contributed by atoms with Crippen LogP contribution in [0.1, 0.15) is 0 Å². The number of sulfonamides is 1. The molecule has 0 saturated carbocycles. The van der Waals surface area contributed by atoms with Crippen molar-refractivity contribution < 1.29 is 18.1 Å². The molecule has 1 heterocycles. The lowest BCUT2D eigenvalue weighted by Crippen LogP contribution is -2.19. The van der Waals surface area contributed by atoms with Crippen LogP contribution in [0.2, 0.25) is 5.02 Å². The van der Waals surface area contributed by atoms with Gasteiger partial charge in [0.15, 0.2) is 0 Å². The van der Waals surface area contributed by atoms with E-state index < -0.39 is 14.9 Å². The summed E-state index contributed by atoms with van der Waals surface area (Å²) >= 11 is 5.83. The normalized spacial score (nSPS) is 11.3. The molecule has 0 aliphatic rings. The van der Waals surface area contributed by atoms with Crippen LogP contribution in [-0.4, -0.2) is 23.8 Å². The Balaban J connectivity index is 1.48. The van der Waals surface area contributed by atoms with E-state index in [1.54, 1.807) is 53.2 Å². The number of non-ortho nitro benzene ring substituents is 1. The highest BCUT2D eigenvalue weighted by atomic mass is 35.5. The molecular weight excluding hydrogens is 468 g/mol. The van der Waals surface area contributed by atoms with Crippen molar-refractivity contribution in [1.29, 1.82) is 0 Å². The molecule has 3 aromatic carbocycles. The SMILES string of the molecule is O=C(Cn1ccc2cc([N+](=O)[O-])ccc21)Nc1cccc(S(=O)(=O)Nc2ccc(Cl)cc2)c1. The van der Waals surface area contributed by atoms with Gasteiger partial charge in [-0.2, -0.15) is 0 Å². The van der Waals surface area contributed by atoms with Crippen molar-refractivity contribution in [2.24, 2.45) is 0 Å². The fourth-order valence-corrected chi connectivity index (χ4v) is 4.50. The summed E-state index contributed by atoms with van der Waals surface area (Å²) in [6.07, 6.45) is 1.66. The molecule has 0 aliphatic heterocycles. The lowest BCUT2D eigenvalue weighted by Gasteiger charge is -2.11. The van der Waals surface area contributed by atoms with Gasteiger partial charge in [-0.25, -0.2) is 8.42 Å². The summed E-state index contributed by atoms with van der Waals surface area (Å²) in [6.45, 7) is -0.0543. The molecule has 4 aromatic rings. The Bertz CT molecular complexity index is 1470. The molecule has 4 rings (SSSR count). The number of anilines is 2. The first-order valence-electron chi connectivity index (χ1n) is 9.63. The summed E-state index contributed by atoms with van der Waals surface area (Å²) < 4.78 is 29.5. The Labute approximate surface area is 193 Å². The first-order chi connectivity index (χ1) is 15.7. The van der Waals surface area contributed by atoms with Gasteiger partial charge in [0.25, 0.3) is 15.7 Å². The van der Waals surface area contributed by atoms with E-state index in [2.05, 4.69) is 10.0 Å². The van der Waals surface area contributed by atoms with Gasteiger partial charge in [-0.3, -0.25) is 19.6 Å². The fraction of sp³-hybridized carbons (Fsp3) is 0.0455. The van der Waals surface area contributed by atoms with Gasteiger partial charge in [-0.1, -0.05) is 17.7 Å². The zero-order valence-corrected chi connectivity index (χ0v) is 18.5. The highest BCUT2D eigenvalue weighted by Crippen LogP contribution is 2.23. The number of carbonyl (C=O) groups excluding carboxylic acids is 1. The third-order valence-electron chi connectivity index (χ3n) is 4.80. The van der Waals surface area contributed by atoms with Crippen LogP contribution in [0.4, 0.5) is 17.1 Å². The second-order valence-electron chi connectivity index (χ2n) is 7.13. The highest BCUT2D eigenvalue weighted by molar-refractivity contribution is 7.92. The average Bonchev–Trinajstić information content (AvgIpc) is 3.17. The number of nitrogens with one attached hydrogen (secondary N) is 2. The molecule has 0 unspecified atom stereocenters. The van der Waals surface area contributed by atoms with Crippen LogP contribution < -0.4 is 10.0 Å². The minimum absolute atomic E-state index is 0.0195. The largest absolute Gasteiger partial charge is 0.338 e. The highest BCUT2D eigenvalue weighted by Gasteiger charge is 2.16. The number of hydrogen-bond donors (Lipinski definition) is 2. The van der Waals surface area contributed by atoms with Crippen LogP contribution in [0.15, 0.2) is 83.9 Å². The molecule has 9 nitrogen and oxygen atoms in total. The van der Waals surface area contributed by atoms with E-state index in [1.807, 2.05) is 0 Å². The second kappa shape index (κ2) is 8.93. The molecule has 0 spiro atoms. The van der Waals surface area contributed by atoms with E-state index in [1.165, 1.54) is 30.3 Å². The summed E-state index contributed by atoms with van der Waals surface area (Å²) in [5.74, 6) is -0.383. The van der Waals surface area contributed by atoms with E-state index in [0.29, 0.717) is 27.3 Å². The molecule has 1 amide bonds. The van der Waals surface area contributed by atoms with E-state index in [0.717, 1.165) is 0 Å². The van der Waals surface area contributed by atoms with Gasteiger partial charge in [0.05, 0.1) is 9.82 Å². The molecule has 168 valence electrons. The van der Waals surface area contributed by atoms with Crippen LogP contribution in [-0.2, 0) is 21.4 Å². The van der Waals surface area contributed by atoms with Gasteiger partial charge in [0.1, 0.15) is 6.54 Å². The van der Waals surface area contributed by atoms with E-state index in [4.69, 9.17) is 11.6 Å². The predicted octanol–water partition coefficient (Wildman–Crippen LogP) is 4.64. The number of fused-ring (bicyclic) bond motifs is 1. The number of amides is 1. The van der Waals surface area contributed by atoms with E-state index >= 15 is 0 Å². The lowest BCUT2D eigenvalue weighted by molar-refractivity contribution is -0.384. The first kappa shape index (κ1) is 22.3. The number of aromatic nitrogens is 1. The molecule has 1 aromatic heterocycles. The predicted molar refractivity (Wildman–Crippen MR) is 126 cm³/mol. The maximum Gasteiger partial charge on any atom is 0.270 e. The summed E-state index contributed by atoms with van der Waals surface area (Å²) in [4.78, 5) is 23.0. The second-order valence-corrected chi connectivity index (χ2v) is 9.25. The van der Waals surface area contributed by atoms with Crippen molar-refractivity contribution in [2.75, 3.05) is 10.0 Å². The summed E-state index contributed by atoms with van der Waals surface area (Å²) in [6, 6.07) is 18.2. The Hall–Kier alpha value is -3.89. The lowest BCUT2D eigenvalue weighted by atomic mass is 10.2. The van der Waals surface area contributed by atoms with Gasteiger partial charge >= 0.3 is 0 Å². The first-order valence-corrected chi connectivity index (χ1v) is 11.5. The summed E-state index contributed by atoms with van der Waals surface area (Å²) in [5.41, 5.74) is 1.30. The number of carbonyl (C=O) groups is 1. The van der Waals surface area contributed by atoms with Crippen molar-refractivity contribution >= 4 is 55.5 Å². The topological polar surface area (TPSA) is 123 Å². The molecule has 0 atom stereocenters. The number of nitro groups is 1. The Morgan fingerprint density at radius 3 is 2.48 bits per heavy atom. The molecule has 0 saturated heterocycles. The zero-order valence-electron chi connectivity index (χ0n) is 16.9. The van der Waals surface area contributed by atoms with Crippen LogP contribution in [0.3, 0.4) is 0 Å². The average molecular weight is 485 g/mol. The Kier molecular flexibility index (Phi) is 6.03. The van der Waals surface area contributed by atoms with Crippen molar-refractivity contribution in [3.05, 3.63) is 94.1 Å². The quantitative estimate of drug-likeness (QED) is 0.292. The number of nitro benzene ring substituents is 1. The molecule has 2 N–H and O–H groups in total. The number of nitrogens with zero attached hydrogens (tertiary/aromatic N) is 2. The number of halogens is 1. The molecule has 11 heteroatoms. The molecule has 0 radical (unpaired) electrons. The number of hydrogen-bond acceptors (Lipinski definition) is 5. The van der Waals surface area contributed by atoms with E-state index in [-0.39, 0.29) is 23.0 Å². The van der Waals surface area contributed by atoms with Crippen molar-refractivity contribution in [1.82, 2.24) is 4.57 Å². The van der Waals surface area contributed by atoms with Crippen LogP contribution in [0.25, 0.3) is 10.9 Å². The fourth-order valence-electron chi connectivity index (χ4n) is 3.27. The maximum atomic E-state index is 12.7. The third-order valence-corrected chi connectivity index (χ3v) is 6.43. The minimum atomic E-state index is -3.88. The maximum absolute atomic E-state index is 12.7. The van der Waals surface area contributed by atoms with Gasteiger partial charge in [0.2, 0.25) is 5.91 Å². The Morgan fingerprint density at radius 1 is 1.00 bits per heavy atom. The summed E-state index contributed by atoms with van der Waals surface area (Å²) in [7, 11) is -3.88. The number of rotatable bonds is 7. The molecular formula is C22H17ClN4O5S. The molecule has 0 aliphatic carbocycles. The van der Waals surface area contributed by atoms with Crippen LogP contribution in [0.5, 0.6) is 0 Å². The van der Waals surface area contributed by atoms with Gasteiger partial charge in [0, 0.05) is 45.6 Å². The minimum Gasteiger partial charge on any atom is -0.338 e. The molecule has 33 heavy (non-hydrogen) atoms. The van der Waals surface area contributed by atoms with Crippen LogP contribution in [0, 0.1) is 10.1 Å². The van der Waals surface area contributed by atoms with Gasteiger partial charge < -0.3 is 9.88 Å². The smallest absolute Gasteiger partial charge is 0.270 e.